The molecule has 8 heteroatoms. The molecule has 1 aromatic heterocycles. The molecule has 1 heterocycles. The molecule has 0 unspecified atom stereocenters. The van der Waals surface area contributed by atoms with E-state index in [1.165, 1.54) is 29.5 Å². The highest BCUT2D eigenvalue weighted by Gasteiger charge is 2.12. The van der Waals surface area contributed by atoms with E-state index in [0.717, 1.165) is 6.08 Å². The Hall–Kier alpha value is -2.21. The zero-order valence-electron chi connectivity index (χ0n) is 9.83. The number of aromatic nitrogens is 1. The van der Waals surface area contributed by atoms with E-state index in [9.17, 15) is 9.18 Å². The third-order valence-corrected chi connectivity index (χ3v) is 3.43. The summed E-state index contributed by atoms with van der Waals surface area (Å²) in [5.74, 6) is -1.20. The summed E-state index contributed by atoms with van der Waals surface area (Å²) in [7, 11) is 0. The summed E-state index contributed by atoms with van der Waals surface area (Å²) in [4.78, 5) is 17.5. The number of amides is 1. The van der Waals surface area contributed by atoms with Crippen molar-refractivity contribution in [1.29, 1.82) is 0 Å². The molecular formula is C12H6ClFN4OS. The second-order valence-corrected chi connectivity index (χ2v) is 4.80. The van der Waals surface area contributed by atoms with Crippen molar-refractivity contribution in [1.82, 2.24) is 4.98 Å². The second-order valence-electron chi connectivity index (χ2n) is 3.54. The predicted octanol–water partition coefficient (Wildman–Crippen LogP) is 4.45. The first-order chi connectivity index (χ1) is 9.61. The summed E-state index contributed by atoms with van der Waals surface area (Å²) in [5.41, 5.74) is 8.75. The fraction of sp³-hybridized carbons (Fsp3) is 0. The largest absolute Gasteiger partial charge is 0.288 e. The van der Waals surface area contributed by atoms with Gasteiger partial charge in [-0.2, -0.15) is 0 Å². The van der Waals surface area contributed by atoms with Crippen LogP contribution in [0, 0.1) is 5.82 Å². The van der Waals surface area contributed by atoms with Crippen LogP contribution in [0.4, 0.5) is 4.39 Å². The molecule has 0 aliphatic rings. The summed E-state index contributed by atoms with van der Waals surface area (Å²) in [6.07, 6.45) is 2.47. The lowest BCUT2D eigenvalue weighted by Crippen LogP contribution is -1.86. The van der Waals surface area contributed by atoms with Gasteiger partial charge >= 0.3 is 0 Å². The molecule has 0 aliphatic carbocycles. The number of benzene rings is 1. The fourth-order valence-electron chi connectivity index (χ4n) is 1.41. The Morgan fingerprint density at radius 1 is 1.55 bits per heavy atom. The van der Waals surface area contributed by atoms with Gasteiger partial charge in [-0.15, -0.1) is 11.3 Å². The molecular weight excluding hydrogens is 303 g/mol. The Bertz CT molecular complexity index is 717. The molecule has 0 aliphatic heterocycles. The van der Waals surface area contributed by atoms with Gasteiger partial charge in [0.1, 0.15) is 10.8 Å². The van der Waals surface area contributed by atoms with Crippen molar-refractivity contribution in [2.75, 3.05) is 0 Å². The molecule has 0 saturated carbocycles. The zero-order chi connectivity index (χ0) is 14.5. The number of carbonyl (C=O) groups excluding carboxylic acids is 1. The maximum atomic E-state index is 13.7. The summed E-state index contributed by atoms with van der Waals surface area (Å²) in [6, 6.07) is 4.37. The highest BCUT2D eigenvalue weighted by atomic mass is 35.5. The van der Waals surface area contributed by atoms with Gasteiger partial charge in [0.25, 0.3) is 0 Å². The van der Waals surface area contributed by atoms with Crippen LogP contribution in [0.1, 0.15) is 5.69 Å². The number of azide groups is 1. The van der Waals surface area contributed by atoms with Gasteiger partial charge in [-0.3, -0.25) is 4.79 Å². The number of halogens is 2. The number of hydrogen-bond donors (Lipinski definition) is 0. The Morgan fingerprint density at radius 3 is 3.05 bits per heavy atom. The van der Waals surface area contributed by atoms with Crippen LogP contribution in [0.5, 0.6) is 0 Å². The first-order valence-electron chi connectivity index (χ1n) is 5.29. The van der Waals surface area contributed by atoms with Crippen molar-refractivity contribution in [2.45, 2.75) is 0 Å². The molecule has 20 heavy (non-hydrogen) atoms. The smallest absolute Gasteiger partial charge is 0.242 e. The number of carbonyl (C=O) groups is 1. The monoisotopic (exact) mass is 308 g/mol. The summed E-state index contributed by atoms with van der Waals surface area (Å²) in [6.45, 7) is 0. The quantitative estimate of drug-likeness (QED) is 0.363. The lowest BCUT2D eigenvalue weighted by atomic mass is 10.2. The van der Waals surface area contributed by atoms with Crippen molar-refractivity contribution >= 4 is 34.9 Å². The molecule has 0 radical (unpaired) electrons. The van der Waals surface area contributed by atoms with Crippen LogP contribution in [0.3, 0.4) is 0 Å². The lowest BCUT2D eigenvalue weighted by molar-refractivity contribution is -0.113. The van der Waals surface area contributed by atoms with Crippen LogP contribution in [-0.2, 0) is 4.79 Å². The predicted molar refractivity (Wildman–Crippen MR) is 75.7 cm³/mol. The fourth-order valence-corrected chi connectivity index (χ4v) is 2.57. The molecule has 2 rings (SSSR count). The summed E-state index contributed by atoms with van der Waals surface area (Å²) in [5, 5.41) is 5.19. The molecule has 0 saturated heterocycles. The van der Waals surface area contributed by atoms with Crippen molar-refractivity contribution in [3.63, 3.8) is 0 Å². The van der Waals surface area contributed by atoms with Gasteiger partial charge in [-0.1, -0.05) is 17.7 Å². The van der Waals surface area contributed by atoms with Gasteiger partial charge in [0, 0.05) is 10.3 Å². The van der Waals surface area contributed by atoms with Gasteiger partial charge in [0.05, 0.1) is 16.3 Å². The van der Waals surface area contributed by atoms with Crippen molar-refractivity contribution in [2.24, 2.45) is 5.11 Å². The molecule has 0 N–H and O–H groups in total. The van der Waals surface area contributed by atoms with Crippen LogP contribution in [0.25, 0.3) is 27.1 Å². The maximum absolute atomic E-state index is 13.7. The molecule has 100 valence electrons. The van der Waals surface area contributed by atoms with E-state index in [-0.39, 0.29) is 10.6 Å². The summed E-state index contributed by atoms with van der Waals surface area (Å²) >= 11 is 7.14. The number of hydrogen-bond acceptors (Lipinski definition) is 3. The lowest BCUT2D eigenvalue weighted by Gasteiger charge is -2.00. The van der Waals surface area contributed by atoms with E-state index in [2.05, 4.69) is 15.0 Å². The SMILES string of the molecule is [N-]=[N+]=NC(=O)/C=C/c1csc(-c2c(F)cccc2Cl)n1. The molecule has 0 atom stereocenters. The minimum absolute atomic E-state index is 0.222. The minimum Gasteiger partial charge on any atom is -0.288 e. The highest BCUT2D eigenvalue weighted by molar-refractivity contribution is 7.13. The first kappa shape index (κ1) is 14.2. The van der Waals surface area contributed by atoms with E-state index >= 15 is 0 Å². The van der Waals surface area contributed by atoms with Crippen molar-refractivity contribution in [3.8, 4) is 10.6 Å². The number of nitrogens with zero attached hydrogens (tertiary/aromatic N) is 4. The Balaban J connectivity index is 2.30. The number of thiazole rings is 1. The molecule has 1 aromatic carbocycles. The van der Waals surface area contributed by atoms with E-state index < -0.39 is 11.7 Å². The molecule has 0 spiro atoms. The van der Waals surface area contributed by atoms with E-state index in [1.54, 1.807) is 11.4 Å². The van der Waals surface area contributed by atoms with Crippen LogP contribution in [0.15, 0.2) is 34.8 Å². The Morgan fingerprint density at radius 2 is 2.35 bits per heavy atom. The number of rotatable bonds is 3. The van der Waals surface area contributed by atoms with Crippen LogP contribution >= 0.6 is 22.9 Å². The van der Waals surface area contributed by atoms with Gasteiger partial charge < -0.3 is 0 Å². The highest BCUT2D eigenvalue weighted by Crippen LogP contribution is 2.32. The molecule has 5 nitrogen and oxygen atoms in total. The van der Waals surface area contributed by atoms with Crippen LogP contribution in [0.2, 0.25) is 5.02 Å². The molecule has 1 amide bonds. The van der Waals surface area contributed by atoms with E-state index in [4.69, 9.17) is 17.1 Å². The van der Waals surface area contributed by atoms with Gasteiger partial charge in [-0.25, -0.2) is 9.37 Å². The Labute approximate surface area is 122 Å². The standard InChI is InChI=1S/C12H6ClFN4OS/c13-8-2-1-3-9(14)11(8)12-16-7(6-20-12)4-5-10(19)17-18-15/h1-6H/b5-4+. The summed E-state index contributed by atoms with van der Waals surface area (Å²) < 4.78 is 13.7. The van der Waals surface area contributed by atoms with E-state index in [1.807, 2.05) is 0 Å². The molecule has 0 bridgehead atoms. The topological polar surface area (TPSA) is 78.7 Å². The third-order valence-electron chi connectivity index (χ3n) is 2.24. The minimum atomic E-state index is -0.731. The Kier molecular flexibility index (Phi) is 4.47. The second kappa shape index (κ2) is 6.29. The zero-order valence-corrected chi connectivity index (χ0v) is 11.4. The van der Waals surface area contributed by atoms with Gasteiger partial charge in [0.2, 0.25) is 5.91 Å². The normalized spacial score (nSPS) is 10.5. The van der Waals surface area contributed by atoms with Gasteiger partial charge in [-0.05, 0) is 34.9 Å². The van der Waals surface area contributed by atoms with Crippen molar-refractivity contribution < 1.29 is 9.18 Å². The average molecular weight is 309 g/mol. The molecule has 2 aromatic rings. The first-order valence-corrected chi connectivity index (χ1v) is 6.54. The van der Waals surface area contributed by atoms with Crippen LogP contribution < -0.4 is 0 Å². The van der Waals surface area contributed by atoms with E-state index in [0.29, 0.717) is 10.7 Å². The molecule has 0 fully saturated rings. The van der Waals surface area contributed by atoms with Crippen molar-refractivity contribution in [3.05, 3.63) is 56.6 Å². The maximum Gasteiger partial charge on any atom is 0.242 e. The van der Waals surface area contributed by atoms with Crippen LogP contribution in [-0.4, -0.2) is 10.9 Å². The average Bonchev–Trinajstić information content (AvgIpc) is 2.85. The van der Waals surface area contributed by atoms with Gasteiger partial charge in [0.15, 0.2) is 0 Å². The third kappa shape index (κ3) is 3.21.